The normalized spacial score (nSPS) is 12.7. The minimum atomic E-state index is -0.928. The quantitative estimate of drug-likeness (QED) is 0.431. The van der Waals surface area contributed by atoms with E-state index in [9.17, 15) is 14.7 Å². The molecule has 5 heteroatoms. The van der Waals surface area contributed by atoms with Crippen LogP contribution in [-0.4, -0.2) is 27.6 Å². The van der Waals surface area contributed by atoms with Crippen LogP contribution in [0, 0.1) is 0 Å². The molecule has 0 unspecified atom stereocenters. The van der Waals surface area contributed by atoms with Crippen LogP contribution >= 0.6 is 0 Å². The molecule has 2 N–H and O–H groups in total. The Morgan fingerprint density at radius 2 is 1.71 bits per heavy atom. The second-order valence-electron chi connectivity index (χ2n) is 7.64. The molecule has 0 saturated heterocycles. The second kappa shape index (κ2) is 10.4. The standard InChI is InChI=1S/C26H28N2O3/c1-3-7-21(22-8-5-4-6-9-22)16-17-28(26(30)31)19(2)20-10-12-23(13-11-20)24-14-15-25(29)27-18-24/h3-6,8-15,18-19,21H,1,7,16-17H2,2H3,(H,27,29)(H,30,31)/t19-,21-/m0/s1. The van der Waals surface area contributed by atoms with Gasteiger partial charge in [0, 0.05) is 18.8 Å². The molecule has 3 rings (SSSR count). The van der Waals surface area contributed by atoms with Crippen molar-refractivity contribution in [3.8, 4) is 11.1 Å². The third kappa shape index (κ3) is 5.72. The topological polar surface area (TPSA) is 73.4 Å². The first-order valence-corrected chi connectivity index (χ1v) is 10.4. The lowest BCUT2D eigenvalue weighted by Crippen LogP contribution is -2.33. The van der Waals surface area contributed by atoms with Gasteiger partial charge in [0.15, 0.2) is 0 Å². The Morgan fingerprint density at radius 1 is 1.03 bits per heavy atom. The van der Waals surface area contributed by atoms with Gasteiger partial charge in [-0.1, -0.05) is 60.7 Å². The fraction of sp³-hybridized carbons (Fsp3) is 0.231. The molecule has 160 valence electrons. The van der Waals surface area contributed by atoms with Crippen LogP contribution < -0.4 is 5.56 Å². The van der Waals surface area contributed by atoms with E-state index >= 15 is 0 Å². The summed E-state index contributed by atoms with van der Waals surface area (Å²) in [5, 5.41) is 9.85. The summed E-state index contributed by atoms with van der Waals surface area (Å²) in [5.74, 6) is 0.232. The highest BCUT2D eigenvalue weighted by Crippen LogP contribution is 2.28. The summed E-state index contributed by atoms with van der Waals surface area (Å²) in [6.07, 6.45) is 4.17. The third-order valence-corrected chi connectivity index (χ3v) is 5.66. The molecule has 1 aromatic heterocycles. The van der Waals surface area contributed by atoms with Gasteiger partial charge in [0.2, 0.25) is 5.56 Å². The molecule has 1 heterocycles. The highest BCUT2D eigenvalue weighted by atomic mass is 16.4. The molecule has 0 saturated carbocycles. The van der Waals surface area contributed by atoms with Crippen molar-refractivity contribution in [3.63, 3.8) is 0 Å². The van der Waals surface area contributed by atoms with Gasteiger partial charge >= 0.3 is 6.09 Å². The van der Waals surface area contributed by atoms with Crippen molar-refractivity contribution in [3.05, 3.63) is 107 Å². The fourth-order valence-corrected chi connectivity index (χ4v) is 3.82. The predicted molar refractivity (Wildman–Crippen MR) is 124 cm³/mol. The van der Waals surface area contributed by atoms with Gasteiger partial charge in [0.1, 0.15) is 0 Å². The van der Waals surface area contributed by atoms with Crippen molar-refractivity contribution in [1.82, 2.24) is 9.88 Å². The van der Waals surface area contributed by atoms with Gasteiger partial charge in [0.25, 0.3) is 0 Å². The lowest BCUT2D eigenvalue weighted by Gasteiger charge is -2.29. The Balaban J connectivity index is 1.73. The number of aromatic amines is 1. The lowest BCUT2D eigenvalue weighted by atomic mass is 9.92. The van der Waals surface area contributed by atoms with Crippen molar-refractivity contribution in [2.45, 2.75) is 31.7 Å². The second-order valence-corrected chi connectivity index (χ2v) is 7.64. The van der Waals surface area contributed by atoms with Gasteiger partial charge in [-0.2, -0.15) is 0 Å². The van der Waals surface area contributed by atoms with E-state index in [0.717, 1.165) is 29.5 Å². The van der Waals surface area contributed by atoms with Crippen LogP contribution in [0.5, 0.6) is 0 Å². The zero-order chi connectivity index (χ0) is 22.2. The van der Waals surface area contributed by atoms with E-state index in [4.69, 9.17) is 0 Å². The number of H-pyrrole nitrogens is 1. The number of amides is 1. The van der Waals surface area contributed by atoms with Crippen LogP contribution in [0.15, 0.2) is 90.4 Å². The third-order valence-electron chi connectivity index (χ3n) is 5.66. The molecule has 0 aliphatic rings. The highest BCUT2D eigenvalue weighted by Gasteiger charge is 2.22. The number of benzene rings is 2. The Bertz CT molecular complexity index is 1040. The summed E-state index contributed by atoms with van der Waals surface area (Å²) in [4.78, 5) is 27.4. The maximum Gasteiger partial charge on any atom is 0.407 e. The van der Waals surface area contributed by atoms with E-state index in [-0.39, 0.29) is 17.5 Å². The van der Waals surface area contributed by atoms with E-state index in [1.807, 2.05) is 55.5 Å². The first-order chi connectivity index (χ1) is 15.0. The number of nitrogens with one attached hydrogen (secondary N) is 1. The first-order valence-electron chi connectivity index (χ1n) is 10.4. The number of aromatic nitrogens is 1. The largest absolute Gasteiger partial charge is 0.465 e. The van der Waals surface area contributed by atoms with Crippen LogP contribution in [0.3, 0.4) is 0 Å². The molecule has 2 aromatic carbocycles. The number of pyridine rings is 1. The number of rotatable bonds is 9. The van der Waals surface area contributed by atoms with E-state index in [0.29, 0.717) is 6.54 Å². The van der Waals surface area contributed by atoms with Crippen LogP contribution in [0.25, 0.3) is 11.1 Å². The first kappa shape index (κ1) is 22.1. The van der Waals surface area contributed by atoms with Gasteiger partial charge < -0.3 is 15.0 Å². The van der Waals surface area contributed by atoms with Gasteiger partial charge in [-0.25, -0.2) is 4.79 Å². The zero-order valence-corrected chi connectivity index (χ0v) is 17.7. The van der Waals surface area contributed by atoms with E-state index in [1.165, 1.54) is 16.5 Å². The maximum atomic E-state index is 12.0. The summed E-state index contributed by atoms with van der Waals surface area (Å²) in [7, 11) is 0. The zero-order valence-electron chi connectivity index (χ0n) is 17.7. The number of allylic oxidation sites excluding steroid dienone is 1. The smallest absolute Gasteiger partial charge is 0.407 e. The molecule has 0 aliphatic carbocycles. The monoisotopic (exact) mass is 416 g/mol. The lowest BCUT2D eigenvalue weighted by molar-refractivity contribution is 0.126. The van der Waals surface area contributed by atoms with Crippen molar-refractivity contribution in [2.24, 2.45) is 0 Å². The van der Waals surface area contributed by atoms with Crippen LogP contribution in [0.1, 0.15) is 42.9 Å². The van der Waals surface area contributed by atoms with Crippen LogP contribution in [0.2, 0.25) is 0 Å². The van der Waals surface area contributed by atoms with Gasteiger partial charge in [0.05, 0.1) is 6.04 Å². The average Bonchev–Trinajstić information content (AvgIpc) is 2.79. The molecule has 0 radical (unpaired) electrons. The number of carboxylic acid groups (broad SMARTS) is 1. The molecular weight excluding hydrogens is 388 g/mol. The van der Waals surface area contributed by atoms with E-state index in [2.05, 4.69) is 23.7 Å². The molecule has 0 fully saturated rings. The van der Waals surface area contributed by atoms with Crippen molar-refractivity contribution < 1.29 is 9.90 Å². The number of hydrogen-bond donors (Lipinski definition) is 2. The average molecular weight is 417 g/mol. The Labute approximate surface area is 182 Å². The van der Waals surface area contributed by atoms with Gasteiger partial charge in [-0.3, -0.25) is 4.79 Å². The highest BCUT2D eigenvalue weighted by molar-refractivity contribution is 5.66. The maximum absolute atomic E-state index is 12.0. The van der Waals surface area contributed by atoms with Crippen molar-refractivity contribution in [2.75, 3.05) is 6.54 Å². The van der Waals surface area contributed by atoms with Crippen molar-refractivity contribution >= 4 is 6.09 Å². The molecule has 0 spiro atoms. The Morgan fingerprint density at radius 3 is 2.29 bits per heavy atom. The molecular formula is C26H28N2O3. The molecule has 3 aromatic rings. The van der Waals surface area contributed by atoms with Crippen molar-refractivity contribution in [1.29, 1.82) is 0 Å². The fourth-order valence-electron chi connectivity index (χ4n) is 3.82. The summed E-state index contributed by atoms with van der Waals surface area (Å²) in [5.41, 5.74) is 3.85. The number of hydrogen-bond acceptors (Lipinski definition) is 2. The number of nitrogens with zero attached hydrogens (tertiary/aromatic N) is 1. The molecule has 0 aliphatic heterocycles. The van der Waals surface area contributed by atoms with Crippen LogP contribution in [-0.2, 0) is 0 Å². The van der Waals surface area contributed by atoms with Gasteiger partial charge in [-0.05, 0) is 54.0 Å². The van der Waals surface area contributed by atoms with E-state index < -0.39 is 6.09 Å². The summed E-state index contributed by atoms with van der Waals surface area (Å²) < 4.78 is 0. The van der Waals surface area contributed by atoms with E-state index in [1.54, 1.807) is 12.3 Å². The van der Waals surface area contributed by atoms with Gasteiger partial charge in [-0.15, -0.1) is 6.58 Å². The summed E-state index contributed by atoms with van der Waals surface area (Å²) >= 11 is 0. The molecule has 31 heavy (non-hydrogen) atoms. The predicted octanol–water partition coefficient (Wildman–Crippen LogP) is 5.83. The summed E-state index contributed by atoms with van der Waals surface area (Å²) in [6, 6.07) is 20.9. The Hall–Kier alpha value is -3.60. The number of carbonyl (C=O) groups is 1. The minimum Gasteiger partial charge on any atom is -0.465 e. The van der Waals surface area contributed by atoms with Crippen LogP contribution in [0.4, 0.5) is 4.79 Å². The molecule has 2 atom stereocenters. The molecule has 5 nitrogen and oxygen atoms in total. The molecule has 1 amide bonds. The summed E-state index contributed by atoms with van der Waals surface area (Å²) in [6.45, 7) is 6.21. The SMILES string of the molecule is C=CC[C@@H](CCN(C(=O)O)[C@@H](C)c1ccc(-c2ccc(=O)[nH]c2)cc1)c1ccccc1. The minimum absolute atomic E-state index is 0.142. The molecule has 0 bridgehead atoms. The Kier molecular flexibility index (Phi) is 7.44.